The van der Waals surface area contributed by atoms with Gasteiger partial charge in [-0.2, -0.15) is 0 Å². The highest BCUT2D eigenvalue weighted by Gasteiger charge is 2.17. The summed E-state index contributed by atoms with van der Waals surface area (Å²) in [5, 5.41) is 11.2. The zero-order valence-electron chi connectivity index (χ0n) is 12.4. The number of carboxylic acids is 1. The van der Waals surface area contributed by atoms with Gasteiger partial charge in [0.1, 0.15) is 0 Å². The van der Waals surface area contributed by atoms with E-state index in [2.05, 4.69) is 38.2 Å². The number of nitrogens with one attached hydrogen (secondary N) is 1. The first-order chi connectivity index (χ1) is 9.35. The van der Waals surface area contributed by atoms with Crippen molar-refractivity contribution in [3.63, 3.8) is 0 Å². The number of carbonyl (C=O) groups excluding carboxylic acids is 1. The Balaban J connectivity index is 2.50. The Morgan fingerprint density at radius 2 is 1.75 bits per heavy atom. The normalized spacial score (nSPS) is 11.2. The quantitative estimate of drug-likeness (QED) is 0.805. The van der Waals surface area contributed by atoms with Crippen LogP contribution >= 0.6 is 0 Å². The molecule has 0 saturated carbocycles. The number of aliphatic carboxylic acids is 1. The molecule has 4 heteroatoms. The maximum atomic E-state index is 11.4. The molecule has 0 aliphatic carbocycles. The van der Waals surface area contributed by atoms with E-state index in [1.807, 2.05) is 12.1 Å². The average Bonchev–Trinajstić information content (AvgIpc) is 2.43. The van der Waals surface area contributed by atoms with Gasteiger partial charge in [0.05, 0.1) is 6.42 Å². The zero-order chi connectivity index (χ0) is 15.2. The highest BCUT2D eigenvalue weighted by Crippen LogP contribution is 2.26. The minimum absolute atomic E-state index is 0.0241. The van der Waals surface area contributed by atoms with Crippen LogP contribution in [0.4, 0.5) is 0 Å². The van der Waals surface area contributed by atoms with Crippen molar-refractivity contribution < 1.29 is 14.7 Å². The van der Waals surface area contributed by atoms with E-state index in [9.17, 15) is 9.59 Å². The molecule has 0 aliphatic heterocycles. The summed E-state index contributed by atoms with van der Waals surface area (Å²) in [5.74, 6) is -1.18. The van der Waals surface area contributed by atoms with E-state index in [-0.39, 0.29) is 24.2 Å². The summed E-state index contributed by atoms with van der Waals surface area (Å²) in [6.07, 6.45) is 0.962. The predicted octanol–water partition coefficient (Wildman–Crippen LogP) is 2.86. The van der Waals surface area contributed by atoms with Gasteiger partial charge in [-0.1, -0.05) is 45.0 Å². The molecule has 0 bridgehead atoms. The number of hydrogen-bond donors (Lipinski definition) is 2. The smallest absolute Gasteiger partial charge is 0.303 e. The fourth-order valence-corrected chi connectivity index (χ4v) is 1.79. The third-order valence-electron chi connectivity index (χ3n) is 3.67. The van der Waals surface area contributed by atoms with Crippen LogP contribution in [0.25, 0.3) is 0 Å². The number of amides is 1. The van der Waals surface area contributed by atoms with Crippen molar-refractivity contribution in [3.05, 3.63) is 35.4 Å². The third kappa shape index (κ3) is 5.03. The second-order valence-corrected chi connectivity index (χ2v) is 5.60. The molecule has 0 spiro atoms. The largest absolute Gasteiger partial charge is 0.481 e. The lowest BCUT2D eigenvalue weighted by atomic mass is 9.82. The van der Waals surface area contributed by atoms with Gasteiger partial charge < -0.3 is 10.4 Å². The maximum Gasteiger partial charge on any atom is 0.303 e. The summed E-state index contributed by atoms with van der Waals surface area (Å²) in [5.41, 5.74) is 2.45. The summed E-state index contributed by atoms with van der Waals surface area (Å²) in [4.78, 5) is 21.8. The Hall–Kier alpha value is -1.84. The van der Waals surface area contributed by atoms with Gasteiger partial charge in [-0.3, -0.25) is 9.59 Å². The van der Waals surface area contributed by atoms with Crippen molar-refractivity contribution in [2.45, 2.75) is 52.0 Å². The fraction of sp³-hybridized carbons (Fsp3) is 0.500. The maximum absolute atomic E-state index is 11.4. The van der Waals surface area contributed by atoms with Crippen LogP contribution in [0.5, 0.6) is 0 Å². The monoisotopic (exact) mass is 277 g/mol. The minimum Gasteiger partial charge on any atom is -0.481 e. The first kappa shape index (κ1) is 16.2. The van der Waals surface area contributed by atoms with Gasteiger partial charge in [-0.15, -0.1) is 0 Å². The van der Waals surface area contributed by atoms with Crippen LogP contribution in [0.2, 0.25) is 0 Å². The lowest BCUT2D eigenvalue weighted by molar-refractivity contribution is -0.138. The molecule has 0 atom stereocenters. The number of hydrogen-bond acceptors (Lipinski definition) is 2. The molecule has 1 amide bonds. The molecule has 4 nitrogen and oxygen atoms in total. The zero-order valence-corrected chi connectivity index (χ0v) is 12.4. The van der Waals surface area contributed by atoms with E-state index in [1.54, 1.807) is 0 Å². The molecule has 1 aromatic rings. The topological polar surface area (TPSA) is 66.4 Å². The molecule has 0 radical (unpaired) electrons. The van der Waals surface area contributed by atoms with Gasteiger partial charge >= 0.3 is 5.97 Å². The van der Waals surface area contributed by atoms with Gasteiger partial charge in [0, 0.05) is 13.0 Å². The van der Waals surface area contributed by atoms with Crippen molar-refractivity contribution in [2.24, 2.45) is 0 Å². The molecule has 0 unspecified atom stereocenters. The van der Waals surface area contributed by atoms with E-state index in [0.717, 1.165) is 12.0 Å². The number of rotatable bonds is 7. The summed E-state index contributed by atoms with van der Waals surface area (Å²) in [6.45, 7) is 7.01. The number of benzene rings is 1. The summed E-state index contributed by atoms with van der Waals surface area (Å²) >= 11 is 0. The third-order valence-corrected chi connectivity index (χ3v) is 3.67. The lowest BCUT2D eigenvalue weighted by Gasteiger charge is -2.23. The standard InChI is InChI=1S/C16H23NO3/c1-4-16(2,3)13-7-5-12(6-8-13)11-17-14(18)9-10-15(19)20/h5-8H,4,9-11H2,1-3H3,(H,17,18)(H,19,20). The molecular formula is C16H23NO3. The van der Waals surface area contributed by atoms with Crippen molar-refractivity contribution in [2.75, 3.05) is 0 Å². The van der Waals surface area contributed by atoms with Crippen LogP contribution in [0.1, 0.15) is 51.2 Å². The first-order valence-electron chi connectivity index (χ1n) is 6.93. The van der Waals surface area contributed by atoms with Crippen LogP contribution < -0.4 is 5.32 Å². The summed E-state index contributed by atoms with van der Waals surface area (Å²) < 4.78 is 0. The van der Waals surface area contributed by atoms with Gasteiger partial charge in [0.25, 0.3) is 0 Å². The van der Waals surface area contributed by atoms with Gasteiger partial charge in [0.15, 0.2) is 0 Å². The molecule has 0 aliphatic rings. The predicted molar refractivity (Wildman–Crippen MR) is 78.5 cm³/mol. The van der Waals surface area contributed by atoms with Gasteiger partial charge in [-0.05, 0) is 23.0 Å². The molecule has 20 heavy (non-hydrogen) atoms. The van der Waals surface area contributed by atoms with Crippen LogP contribution in [0.3, 0.4) is 0 Å². The molecular weight excluding hydrogens is 254 g/mol. The second kappa shape index (κ2) is 7.08. The fourth-order valence-electron chi connectivity index (χ4n) is 1.79. The summed E-state index contributed by atoms with van der Waals surface area (Å²) in [7, 11) is 0. The SMILES string of the molecule is CCC(C)(C)c1ccc(CNC(=O)CCC(=O)O)cc1. The highest BCUT2D eigenvalue weighted by atomic mass is 16.4. The van der Waals surface area contributed by atoms with E-state index in [4.69, 9.17) is 5.11 Å². The first-order valence-corrected chi connectivity index (χ1v) is 6.93. The highest BCUT2D eigenvalue weighted by molar-refractivity contribution is 5.80. The Morgan fingerprint density at radius 3 is 2.25 bits per heavy atom. The second-order valence-electron chi connectivity index (χ2n) is 5.60. The van der Waals surface area contributed by atoms with Crippen LogP contribution in [0, 0.1) is 0 Å². The summed E-state index contributed by atoms with van der Waals surface area (Å²) in [6, 6.07) is 8.18. The average molecular weight is 277 g/mol. The molecule has 110 valence electrons. The Labute approximate surface area is 120 Å². The molecule has 0 fully saturated rings. The molecule has 2 N–H and O–H groups in total. The molecule has 1 rings (SSSR count). The Bertz CT molecular complexity index is 463. The van der Waals surface area contributed by atoms with Crippen molar-refractivity contribution in [1.82, 2.24) is 5.32 Å². The van der Waals surface area contributed by atoms with Crippen molar-refractivity contribution in [3.8, 4) is 0 Å². The van der Waals surface area contributed by atoms with Gasteiger partial charge in [-0.25, -0.2) is 0 Å². The number of carboxylic acid groups (broad SMARTS) is 1. The molecule has 1 aromatic carbocycles. The van der Waals surface area contributed by atoms with Gasteiger partial charge in [0.2, 0.25) is 5.91 Å². The minimum atomic E-state index is -0.953. The van der Waals surface area contributed by atoms with Crippen LogP contribution in [0.15, 0.2) is 24.3 Å². The lowest BCUT2D eigenvalue weighted by Crippen LogP contribution is -2.23. The van der Waals surface area contributed by atoms with E-state index in [1.165, 1.54) is 5.56 Å². The van der Waals surface area contributed by atoms with Crippen LogP contribution in [-0.2, 0) is 21.5 Å². The van der Waals surface area contributed by atoms with E-state index >= 15 is 0 Å². The molecule has 0 aromatic heterocycles. The van der Waals surface area contributed by atoms with E-state index in [0.29, 0.717) is 6.54 Å². The van der Waals surface area contributed by atoms with Crippen molar-refractivity contribution >= 4 is 11.9 Å². The van der Waals surface area contributed by atoms with Crippen molar-refractivity contribution in [1.29, 1.82) is 0 Å². The molecule has 0 saturated heterocycles. The van der Waals surface area contributed by atoms with Crippen LogP contribution in [-0.4, -0.2) is 17.0 Å². The molecule has 0 heterocycles. The Kier molecular flexibility index (Phi) is 5.74. The Morgan fingerprint density at radius 1 is 1.15 bits per heavy atom. The van der Waals surface area contributed by atoms with E-state index < -0.39 is 5.97 Å². The number of carbonyl (C=O) groups is 2.